The van der Waals surface area contributed by atoms with Gasteiger partial charge in [-0.2, -0.15) is 4.98 Å². The molecular formula is C20H21N3O3. The molecular weight excluding hydrogens is 330 g/mol. The van der Waals surface area contributed by atoms with E-state index in [-0.39, 0.29) is 0 Å². The molecule has 0 unspecified atom stereocenters. The van der Waals surface area contributed by atoms with E-state index >= 15 is 0 Å². The predicted molar refractivity (Wildman–Crippen MR) is 98.6 cm³/mol. The van der Waals surface area contributed by atoms with Crippen molar-refractivity contribution >= 4 is 5.69 Å². The lowest BCUT2D eigenvalue weighted by molar-refractivity contribution is 0.122. The van der Waals surface area contributed by atoms with E-state index < -0.39 is 0 Å². The summed E-state index contributed by atoms with van der Waals surface area (Å²) < 4.78 is 16.1. The molecule has 4 rings (SSSR count). The summed E-state index contributed by atoms with van der Waals surface area (Å²) >= 11 is 0. The van der Waals surface area contributed by atoms with Crippen molar-refractivity contribution in [2.24, 2.45) is 0 Å². The lowest BCUT2D eigenvalue weighted by atomic mass is 10.1. The average Bonchev–Trinajstić information content (AvgIpc) is 3.17. The Kier molecular flexibility index (Phi) is 4.84. The van der Waals surface area contributed by atoms with Gasteiger partial charge >= 0.3 is 0 Å². The largest absolute Gasteiger partial charge is 0.497 e. The summed E-state index contributed by atoms with van der Waals surface area (Å²) in [7, 11) is 1.66. The van der Waals surface area contributed by atoms with Crippen LogP contribution in [0.25, 0.3) is 11.4 Å². The molecule has 1 aliphatic rings. The molecule has 6 heteroatoms. The van der Waals surface area contributed by atoms with Crippen LogP contribution in [-0.2, 0) is 11.2 Å². The molecule has 0 radical (unpaired) electrons. The summed E-state index contributed by atoms with van der Waals surface area (Å²) in [6.45, 7) is 3.40. The number of hydrogen-bond donors (Lipinski definition) is 0. The van der Waals surface area contributed by atoms with Gasteiger partial charge in [-0.25, -0.2) is 0 Å². The van der Waals surface area contributed by atoms with Gasteiger partial charge in [0.2, 0.25) is 11.7 Å². The number of morpholine rings is 1. The van der Waals surface area contributed by atoms with Crippen LogP contribution >= 0.6 is 0 Å². The summed E-state index contributed by atoms with van der Waals surface area (Å²) in [6, 6.07) is 16.1. The molecule has 6 nitrogen and oxygen atoms in total. The molecule has 0 spiro atoms. The van der Waals surface area contributed by atoms with Gasteiger partial charge in [-0.05, 0) is 42.0 Å². The second-order valence-corrected chi connectivity index (χ2v) is 6.19. The van der Waals surface area contributed by atoms with Gasteiger partial charge in [0.1, 0.15) is 5.75 Å². The minimum absolute atomic E-state index is 0.579. The fourth-order valence-electron chi connectivity index (χ4n) is 3.04. The third-order valence-corrected chi connectivity index (χ3v) is 4.46. The number of benzene rings is 2. The molecule has 134 valence electrons. The fourth-order valence-corrected chi connectivity index (χ4v) is 3.04. The van der Waals surface area contributed by atoms with Crippen LogP contribution in [0.1, 0.15) is 11.5 Å². The van der Waals surface area contributed by atoms with E-state index in [9.17, 15) is 0 Å². The number of aromatic nitrogens is 2. The van der Waals surface area contributed by atoms with Crippen LogP contribution in [0.5, 0.6) is 5.75 Å². The first-order chi connectivity index (χ1) is 12.8. The van der Waals surface area contributed by atoms with Crippen molar-refractivity contribution in [2.45, 2.75) is 6.42 Å². The van der Waals surface area contributed by atoms with Gasteiger partial charge in [0, 0.05) is 24.3 Å². The standard InChI is InChI=1S/C20H21N3O3/c1-24-18-4-2-3-15(13-18)14-19-21-20(22-26-19)16-5-7-17(8-6-16)23-9-11-25-12-10-23/h2-8,13H,9-12,14H2,1H3. The SMILES string of the molecule is COc1cccc(Cc2nc(-c3ccc(N4CCOCC4)cc3)no2)c1. The molecule has 0 amide bonds. The Labute approximate surface area is 152 Å². The quantitative estimate of drug-likeness (QED) is 0.704. The molecule has 1 saturated heterocycles. The normalized spacial score (nSPS) is 14.4. The van der Waals surface area contributed by atoms with Gasteiger partial charge in [-0.15, -0.1) is 0 Å². The zero-order chi connectivity index (χ0) is 17.8. The van der Waals surface area contributed by atoms with Gasteiger partial charge in [0.05, 0.1) is 26.7 Å². The number of anilines is 1. The third kappa shape index (κ3) is 3.70. The second-order valence-electron chi connectivity index (χ2n) is 6.19. The lowest BCUT2D eigenvalue weighted by Gasteiger charge is -2.28. The van der Waals surface area contributed by atoms with Gasteiger partial charge in [-0.1, -0.05) is 17.3 Å². The summed E-state index contributed by atoms with van der Waals surface area (Å²) in [5.41, 5.74) is 3.21. The van der Waals surface area contributed by atoms with Crippen molar-refractivity contribution in [3.05, 3.63) is 60.0 Å². The third-order valence-electron chi connectivity index (χ3n) is 4.46. The van der Waals surface area contributed by atoms with Gasteiger partial charge in [0.15, 0.2) is 0 Å². The molecule has 0 saturated carbocycles. The topological polar surface area (TPSA) is 60.6 Å². The monoisotopic (exact) mass is 351 g/mol. The van der Waals surface area contributed by atoms with E-state index in [0.717, 1.165) is 43.2 Å². The molecule has 26 heavy (non-hydrogen) atoms. The first-order valence-electron chi connectivity index (χ1n) is 8.70. The molecule has 1 fully saturated rings. The predicted octanol–water partition coefficient (Wildman–Crippen LogP) is 3.17. The number of methoxy groups -OCH3 is 1. The van der Waals surface area contributed by atoms with Crippen LogP contribution in [0.3, 0.4) is 0 Å². The maximum Gasteiger partial charge on any atom is 0.231 e. The van der Waals surface area contributed by atoms with E-state index in [1.807, 2.05) is 36.4 Å². The number of hydrogen-bond acceptors (Lipinski definition) is 6. The Bertz CT molecular complexity index is 855. The van der Waals surface area contributed by atoms with Crippen LogP contribution in [0.4, 0.5) is 5.69 Å². The zero-order valence-electron chi connectivity index (χ0n) is 14.7. The number of rotatable bonds is 5. The Morgan fingerprint density at radius 2 is 1.88 bits per heavy atom. The van der Waals surface area contributed by atoms with Gasteiger partial charge in [-0.3, -0.25) is 0 Å². The van der Waals surface area contributed by atoms with Crippen molar-refractivity contribution in [1.82, 2.24) is 10.1 Å². The van der Waals surface area contributed by atoms with Crippen LogP contribution in [0, 0.1) is 0 Å². The Balaban J connectivity index is 1.47. The van der Waals surface area contributed by atoms with Crippen molar-refractivity contribution < 1.29 is 14.0 Å². The van der Waals surface area contributed by atoms with E-state index in [4.69, 9.17) is 14.0 Å². The fraction of sp³-hybridized carbons (Fsp3) is 0.300. The van der Waals surface area contributed by atoms with E-state index in [1.54, 1.807) is 7.11 Å². The highest BCUT2D eigenvalue weighted by molar-refractivity contribution is 5.60. The van der Waals surface area contributed by atoms with Crippen molar-refractivity contribution in [3.8, 4) is 17.1 Å². The summed E-state index contributed by atoms with van der Waals surface area (Å²) in [5.74, 6) is 2.02. The molecule has 1 aromatic heterocycles. The average molecular weight is 351 g/mol. The van der Waals surface area contributed by atoms with Crippen LogP contribution in [-0.4, -0.2) is 43.6 Å². The van der Waals surface area contributed by atoms with Crippen LogP contribution in [0.15, 0.2) is 53.1 Å². The van der Waals surface area contributed by atoms with Crippen molar-refractivity contribution in [3.63, 3.8) is 0 Å². The van der Waals surface area contributed by atoms with Crippen molar-refractivity contribution in [2.75, 3.05) is 38.3 Å². The smallest absolute Gasteiger partial charge is 0.231 e. The minimum Gasteiger partial charge on any atom is -0.497 e. The molecule has 1 aliphatic heterocycles. The molecule has 2 heterocycles. The second kappa shape index (κ2) is 7.58. The molecule has 0 N–H and O–H groups in total. The van der Waals surface area contributed by atoms with Crippen LogP contribution < -0.4 is 9.64 Å². The van der Waals surface area contributed by atoms with E-state index in [1.165, 1.54) is 5.69 Å². The minimum atomic E-state index is 0.579. The van der Waals surface area contributed by atoms with Crippen LogP contribution in [0.2, 0.25) is 0 Å². The maximum absolute atomic E-state index is 5.41. The Hall–Kier alpha value is -2.86. The molecule has 0 aliphatic carbocycles. The molecule has 0 bridgehead atoms. The van der Waals surface area contributed by atoms with Gasteiger partial charge < -0.3 is 18.9 Å². The number of ether oxygens (including phenoxy) is 2. The Morgan fingerprint density at radius 1 is 1.08 bits per heavy atom. The lowest BCUT2D eigenvalue weighted by Crippen LogP contribution is -2.36. The molecule has 3 aromatic rings. The highest BCUT2D eigenvalue weighted by atomic mass is 16.5. The molecule has 0 atom stereocenters. The summed E-state index contributed by atoms with van der Waals surface area (Å²) in [5, 5.41) is 4.12. The van der Waals surface area contributed by atoms with E-state index in [0.29, 0.717) is 18.1 Å². The Morgan fingerprint density at radius 3 is 2.65 bits per heavy atom. The molecule has 2 aromatic carbocycles. The number of nitrogens with zero attached hydrogens (tertiary/aromatic N) is 3. The highest BCUT2D eigenvalue weighted by Crippen LogP contribution is 2.23. The summed E-state index contributed by atoms with van der Waals surface area (Å²) in [6.07, 6.45) is 0.579. The maximum atomic E-state index is 5.41. The van der Waals surface area contributed by atoms with E-state index in [2.05, 4.69) is 27.2 Å². The zero-order valence-corrected chi connectivity index (χ0v) is 14.7. The van der Waals surface area contributed by atoms with Gasteiger partial charge in [0.25, 0.3) is 0 Å². The van der Waals surface area contributed by atoms with Crippen molar-refractivity contribution in [1.29, 1.82) is 0 Å². The first-order valence-corrected chi connectivity index (χ1v) is 8.70. The highest BCUT2D eigenvalue weighted by Gasteiger charge is 2.13. The first kappa shape index (κ1) is 16.6. The summed E-state index contributed by atoms with van der Waals surface area (Å²) in [4.78, 5) is 6.84.